The first-order valence-electron chi connectivity index (χ1n) is 6.87. The quantitative estimate of drug-likeness (QED) is 0.839. The summed E-state index contributed by atoms with van der Waals surface area (Å²) in [4.78, 5) is 11.1. The summed E-state index contributed by atoms with van der Waals surface area (Å²) in [5, 5.41) is 1.81. The van der Waals surface area contributed by atoms with Crippen molar-refractivity contribution in [3.63, 3.8) is 0 Å². The molecule has 0 amide bonds. The number of hydrogen-bond acceptors (Lipinski definition) is 4. The zero-order chi connectivity index (χ0) is 14.7. The molecule has 3 rings (SSSR count). The van der Waals surface area contributed by atoms with E-state index in [0.29, 0.717) is 0 Å². The van der Waals surface area contributed by atoms with E-state index in [1.54, 1.807) is 18.0 Å². The Hall–Kier alpha value is -1.52. The fraction of sp³-hybridized carbons (Fsp3) is 0.250. The number of rotatable bonds is 3. The van der Waals surface area contributed by atoms with Crippen molar-refractivity contribution in [1.29, 1.82) is 0 Å². The molecule has 0 fully saturated rings. The maximum Gasteiger partial charge on any atom is 0.164 e. The van der Waals surface area contributed by atoms with E-state index >= 15 is 0 Å². The fourth-order valence-electron chi connectivity index (χ4n) is 2.34. The normalized spacial score (nSPS) is 15.6. The van der Waals surface area contributed by atoms with Crippen LogP contribution in [0.1, 0.15) is 18.5 Å². The molecule has 0 aliphatic carbocycles. The predicted octanol–water partition coefficient (Wildman–Crippen LogP) is 4.41. The predicted molar refractivity (Wildman–Crippen MR) is 91.3 cm³/mol. The van der Waals surface area contributed by atoms with Crippen LogP contribution in [0.4, 0.5) is 5.69 Å². The number of amidine groups is 1. The lowest BCUT2D eigenvalue weighted by atomic mass is 10.1. The Kier molecular flexibility index (Phi) is 4.46. The van der Waals surface area contributed by atoms with E-state index in [0.717, 1.165) is 28.2 Å². The van der Waals surface area contributed by atoms with Gasteiger partial charge in [-0.05, 0) is 42.8 Å². The molecule has 3 nitrogen and oxygen atoms in total. The molecule has 21 heavy (non-hydrogen) atoms. The van der Waals surface area contributed by atoms with Gasteiger partial charge in [-0.1, -0.05) is 29.4 Å². The van der Waals surface area contributed by atoms with Crippen molar-refractivity contribution >= 4 is 34.2 Å². The summed E-state index contributed by atoms with van der Waals surface area (Å²) in [5.74, 6) is 1.04. The molecule has 0 saturated heterocycles. The Balaban J connectivity index is 1.98. The number of hydrogen-bond donors (Lipinski definition) is 0. The van der Waals surface area contributed by atoms with E-state index in [1.165, 1.54) is 5.56 Å². The first kappa shape index (κ1) is 14.4. The Morgan fingerprint density at radius 2 is 2.05 bits per heavy atom. The van der Waals surface area contributed by atoms with Crippen LogP contribution in [0.25, 0.3) is 0 Å². The van der Waals surface area contributed by atoms with Crippen LogP contribution in [0, 0.1) is 0 Å². The summed E-state index contributed by atoms with van der Waals surface area (Å²) in [7, 11) is 0. The lowest BCUT2D eigenvalue weighted by Gasteiger charge is -2.30. The summed E-state index contributed by atoms with van der Waals surface area (Å²) in [6, 6.07) is 12.1. The Morgan fingerprint density at radius 1 is 1.24 bits per heavy atom. The second kappa shape index (κ2) is 6.50. The van der Waals surface area contributed by atoms with Crippen LogP contribution in [0.3, 0.4) is 0 Å². The standard InChI is InChI=1S/C16H16ClN3S/c1-12(13-3-2-8-18-11-13)20(16-19-9-10-21-16)15-6-4-14(17)5-7-15/h2-8,11-12H,9-10H2,1H3. The first-order valence-corrected chi connectivity index (χ1v) is 8.24. The SMILES string of the molecule is CC(c1cccnc1)N(C1=NCCS1)c1ccc(Cl)cc1. The van der Waals surface area contributed by atoms with Gasteiger partial charge in [-0.25, -0.2) is 0 Å². The molecule has 1 aromatic heterocycles. The monoisotopic (exact) mass is 317 g/mol. The number of thioether (sulfide) groups is 1. The average molecular weight is 318 g/mol. The van der Waals surface area contributed by atoms with Crippen LogP contribution < -0.4 is 4.90 Å². The van der Waals surface area contributed by atoms with Gasteiger partial charge >= 0.3 is 0 Å². The van der Waals surface area contributed by atoms with Gasteiger partial charge in [-0.2, -0.15) is 0 Å². The molecule has 0 radical (unpaired) electrons. The third-order valence-corrected chi connectivity index (χ3v) is 4.66. The van der Waals surface area contributed by atoms with E-state index in [2.05, 4.69) is 27.9 Å². The van der Waals surface area contributed by atoms with Crippen LogP contribution in [-0.4, -0.2) is 22.4 Å². The highest BCUT2D eigenvalue weighted by Crippen LogP contribution is 2.32. The van der Waals surface area contributed by atoms with Crippen LogP contribution >= 0.6 is 23.4 Å². The Morgan fingerprint density at radius 3 is 2.67 bits per heavy atom. The lowest BCUT2D eigenvalue weighted by Crippen LogP contribution is -2.30. The molecule has 2 heterocycles. The van der Waals surface area contributed by atoms with Gasteiger partial charge in [0.05, 0.1) is 12.6 Å². The summed E-state index contributed by atoms with van der Waals surface area (Å²) in [6.07, 6.45) is 3.71. The molecule has 1 aromatic carbocycles. The van der Waals surface area contributed by atoms with Crippen molar-refractivity contribution in [3.8, 4) is 0 Å². The molecule has 0 saturated carbocycles. The maximum atomic E-state index is 6.01. The third kappa shape index (κ3) is 3.22. The zero-order valence-corrected chi connectivity index (χ0v) is 13.3. The third-order valence-electron chi connectivity index (χ3n) is 3.43. The minimum atomic E-state index is 0.171. The van der Waals surface area contributed by atoms with Gasteiger partial charge in [0, 0.05) is 28.9 Å². The Bertz CT molecular complexity index is 628. The van der Waals surface area contributed by atoms with Gasteiger partial charge in [-0.15, -0.1) is 0 Å². The number of nitrogens with zero attached hydrogens (tertiary/aromatic N) is 3. The highest BCUT2D eigenvalue weighted by Gasteiger charge is 2.24. The lowest BCUT2D eigenvalue weighted by molar-refractivity contribution is 0.790. The van der Waals surface area contributed by atoms with E-state index < -0.39 is 0 Å². The van der Waals surface area contributed by atoms with Crippen molar-refractivity contribution in [2.24, 2.45) is 4.99 Å². The molecule has 2 aromatic rings. The first-order chi connectivity index (χ1) is 10.3. The molecular weight excluding hydrogens is 302 g/mol. The van der Waals surface area contributed by atoms with E-state index in [4.69, 9.17) is 11.6 Å². The van der Waals surface area contributed by atoms with Crippen molar-refractivity contribution in [3.05, 3.63) is 59.4 Å². The average Bonchev–Trinajstić information content (AvgIpc) is 3.04. The van der Waals surface area contributed by atoms with Crippen molar-refractivity contribution in [1.82, 2.24) is 4.98 Å². The Labute approximate surface area is 134 Å². The van der Waals surface area contributed by atoms with Gasteiger partial charge in [0.25, 0.3) is 0 Å². The van der Waals surface area contributed by atoms with Crippen LogP contribution in [0.15, 0.2) is 53.8 Å². The second-order valence-electron chi connectivity index (χ2n) is 4.82. The van der Waals surface area contributed by atoms with Gasteiger partial charge in [-0.3, -0.25) is 9.98 Å². The molecule has 1 aliphatic rings. The number of aromatic nitrogens is 1. The van der Waals surface area contributed by atoms with E-state index in [1.807, 2.05) is 36.5 Å². The van der Waals surface area contributed by atoms with Crippen LogP contribution in [0.2, 0.25) is 5.02 Å². The molecular formula is C16H16ClN3S. The minimum absolute atomic E-state index is 0.171. The summed E-state index contributed by atoms with van der Waals surface area (Å²) in [6.45, 7) is 3.05. The number of pyridine rings is 1. The fourth-order valence-corrected chi connectivity index (χ4v) is 3.42. The van der Waals surface area contributed by atoms with Gasteiger partial charge in [0.15, 0.2) is 5.17 Å². The summed E-state index contributed by atoms with van der Waals surface area (Å²) >= 11 is 7.80. The molecule has 0 N–H and O–H groups in total. The van der Waals surface area contributed by atoms with Gasteiger partial charge in [0.2, 0.25) is 0 Å². The van der Waals surface area contributed by atoms with Crippen LogP contribution in [0.5, 0.6) is 0 Å². The number of halogens is 1. The number of aliphatic imine (C=N–C) groups is 1. The van der Waals surface area contributed by atoms with E-state index in [9.17, 15) is 0 Å². The van der Waals surface area contributed by atoms with Crippen molar-refractivity contribution in [2.75, 3.05) is 17.2 Å². The summed E-state index contributed by atoms with van der Waals surface area (Å²) in [5.41, 5.74) is 2.27. The van der Waals surface area contributed by atoms with Crippen molar-refractivity contribution < 1.29 is 0 Å². The molecule has 1 atom stereocenters. The smallest absolute Gasteiger partial charge is 0.164 e. The topological polar surface area (TPSA) is 28.5 Å². The summed E-state index contributed by atoms with van der Waals surface area (Å²) < 4.78 is 0. The minimum Gasteiger partial charge on any atom is -0.314 e. The molecule has 1 unspecified atom stereocenters. The van der Waals surface area contributed by atoms with E-state index in [-0.39, 0.29) is 6.04 Å². The second-order valence-corrected chi connectivity index (χ2v) is 6.32. The maximum absolute atomic E-state index is 6.01. The molecule has 5 heteroatoms. The molecule has 108 valence electrons. The van der Waals surface area contributed by atoms with Gasteiger partial charge < -0.3 is 4.90 Å². The number of benzene rings is 1. The van der Waals surface area contributed by atoms with Crippen molar-refractivity contribution in [2.45, 2.75) is 13.0 Å². The number of anilines is 1. The van der Waals surface area contributed by atoms with Crippen LogP contribution in [-0.2, 0) is 0 Å². The van der Waals surface area contributed by atoms with Gasteiger partial charge in [0.1, 0.15) is 0 Å². The zero-order valence-electron chi connectivity index (χ0n) is 11.7. The highest BCUT2D eigenvalue weighted by atomic mass is 35.5. The molecule has 0 bridgehead atoms. The highest BCUT2D eigenvalue weighted by molar-refractivity contribution is 8.14. The molecule has 1 aliphatic heterocycles. The largest absolute Gasteiger partial charge is 0.314 e. The molecule has 0 spiro atoms.